The molecule has 0 aromatic heterocycles. The quantitative estimate of drug-likeness (QED) is 0.736. The second kappa shape index (κ2) is 8.21. The van der Waals surface area contributed by atoms with Crippen LogP contribution in [-0.2, 0) is 11.2 Å². The lowest BCUT2D eigenvalue weighted by Crippen LogP contribution is -2.49. The van der Waals surface area contributed by atoms with Crippen molar-refractivity contribution in [1.29, 1.82) is 0 Å². The van der Waals surface area contributed by atoms with E-state index in [9.17, 15) is 4.79 Å². The van der Waals surface area contributed by atoms with Crippen LogP contribution in [0, 0.1) is 0 Å². The first-order valence-corrected chi connectivity index (χ1v) is 10.8. The van der Waals surface area contributed by atoms with Gasteiger partial charge in [0, 0.05) is 32.6 Å². The molecule has 164 valence electrons. The van der Waals surface area contributed by atoms with Crippen LogP contribution < -0.4 is 23.8 Å². The lowest BCUT2D eigenvalue weighted by atomic mass is 9.75. The molecule has 0 bridgehead atoms. The molecule has 0 N–H and O–H groups in total. The first-order chi connectivity index (χ1) is 15.2. The van der Waals surface area contributed by atoms with Crippen LogP contribution in [0.5, 0.6) is 23.0 Å². The number of nitrogens with zero attached hydrogens (tertiary/aromatic N) is 2. The molecule has 7 heteroatoms. The molecule has 2 aromatic rings. The number of anilines is 1. The molecule has 1 fully saturated rings. The second-order valence-corrected chi connectivity index (χ2v) is 8.18. The summed E-state index contributed by atoms with van der Waals surface area (Å²) in [5, 5.41) is 0. The summed E-state index contributed by atoms with van der Waals surface area (Å²) in [7, 11) is 3.29. The van der Waals surface area contributed by atoms with Crippen molar-refractivity contribution in [3.63, 3.8) is 0 Å². The van der Waals surface area contributed by atoms with Gasteiger partial charge in [0.05, 0.1) is 19.9 Å². The van der Waals surface area contributed by atoms with Crippen LogP contribution in [0.1, 0.15) is 23.5 Å². The Kier molecular flexibility index (Phi) is 5.26. The average Bonchev–Trinajstić information content (AvgIpc) is 2.81. The Labute approximate surface area is 182 Å². The first kappa shape index (κ1) is 19.8. The van der Waals surface area contributed by atoms with Gasteiger partial charge in [0.1, 0.15) is 13.2 Å². The van der Waals surface area contributed by atoms with E-state index >= 15 is 0 Å². The van der Waals surface area contributed by atoms with Crippen LogP contribution in [0.4, 0.5) is 5.69 Å². The Balaban J connectivity index is 1.20. The van der Waals surface area contributed by atoms with Gasteiger partial charge < -0.3 is 28.7 Å². The number of methoxy groups -OCH3 is 2. The number of ether oxygens (including phenoxy) is 4. The van der Waals surface area contributed by atoms with Crippen molar-refractivity contribution < 1.29 is 23.7 Å². The molecule has 1 aliphatic carbocycles. The maximum Gasteiger partial charge on any atom is 0.223 e. The van der Waals surface area contributed by atoms with E-state index in [1.165, 1.54) is 11.1 Å². The summed E-state index contributed by atoms with van der Waals surface area (Å²) in [4.78, 5) is 17.2. The minimum absolute atomic E-state index is 0.222. The Hall–Kier alpha value is -3.09. The highest BCUT2D eigenvalue weighted by Gasteiger charge is 2.33. The fourth-order valence-corrected chi connectivity index (χ4v) is 4.76. The highest BCUT2D eigenvalue weighted by molar-refractivity contribution is 5.78. The van der Waals surface area contributed by atoms with E-state index in [0.29, 0.717) is 19.6 Å². The van der Waals surface area contributed by atoms with Crippen LogP contribution in [0.15, 0.2) is 30.3 Å². The lowest BCUT2D eigenvalue weighted by molar-refractivity contribution is -0.132. The van der Waals surface area contributed by atoms with Gasteiger partial charge in [0.2, 0.25) is 5.91 Å². The molecule has 3 aliphatic rings. The van der Waals surface area contributed by atoms with Crippen molar-refractivity contribution in [3.05, 3.63) is 41.5 Å². The molecular weight excluding hydrogens is 396 g/mol. The van der Waals surface area contributed by atoms with E-state index in [1.807, 2.05) is 29.2 Å². The molecule has 2 aromatic carbocycles. The number of piperazine rings is 1. The summed E-state index contributed by atoms with van der Waals surface area (Å²) in [6.45, 7) is 4.17. The predicted molar refractivity (Wildman–Crippen MR) is 117 cm³/mol. The Morgan fingerprint density at radius 2 is 1.77 bits per heavy atom. The first-order valence-electron chi connectivity index (χ1n) is 10.8. The number of hydrogen-bond donors (Lipinski definition) is 0. The van der Waals surface area contributed by atoms with Crippen molar-refractivity contribution in [2.24, 2.45) is 0 Å². The van der Waals surface area contributed by atoms with Gasteiger partial charge >= 0.3 is 0 Å². The fraction of sp³-hybridized carbons (Fsp3) is 0.458. The molecule has 1 unspecified atom stereocenters. The van der Waals surface area contributed by atoms with Crippen molar-refractivity contribution in [3.8, 4) is 23.0 Å². The number of carbonyl (C=O) groups excluding carboxylic acids is 1. The molecule has 7 nitrogen and oxygen atoms in total. The fourth-order valence-electron chi connectivity index (χ4n) is 4.76. The van der Waals surface area contributed by atoms with E-state index in [4.69, 9.17) is 18.9 Å². The standard InChI is InChI=1S/C24H28N2O5/c1-28-21-13-16-12-17(18(16)15-22(21)29-2)14-23(27)26-8-6-25(7-9-26)19-4-3-5-20-24(19)31-11-10-30-20/h3-5,13,15,17H,6-12,14H2,1-2H3. The number of para-hydroxylation sites is 1. The maximum atomic E-state index is 13.0. The number of benzene rings is 2. The van der Waals surface area contributed by atoms with Crippen molar-refractivity contribution >= 4 is 11.6 Å². The molecule has 1 amide bonds. The normalized spacial score (nSPS) is 19.4. The van der Waals surface area contributed by atoms with E-state index in [1.54, 1.807) is 14.2 Å². The largest absolute Gasteiger partial charge is 0.493 e. The van der Waals surface area contributed by atoms with Gasteiger partial charge in [-0.1, -0.05) is 6.07 Å². The molecule has 1 atom stereocenters. The molecule has 0 spiro atoms. The van der Waals surface area contributed by atoms with Crippen LogP contribution in [0.25, 0.3) is 0 Å². The Morgan fingerprint density at radius 3 is 2.55 bits per heavy atom. The molecule has 1 saturated heterocycles. The molecule has 2 aliphatic heterocycles. The summed E-state index contributed by atoms with van der Waals surface area (Å²) in [6.07, 6.45) is 1.45. The van der Waals surface area contributed by atoms with E-state index in [0.717, 1.165) is 61.3 Å². The van der Waals surface area contributed by atoms with Crippen LogP contribution >= 0.6 is 0 Å². The van der Waals surface area contributed by atoms with Gasteiger partial charge in [0.15, 0.2) is 23.0 Å². The molecule has 0 saturated carbocycles. The summed E-state index contributed by atoms with van der Waals surface area (Å²) < 4.78 is 22.4. The topological polar surface area (TPSA) is 60.5 Å². The zero-order chi connectivity index (χ0) is 21.4. The highest BCUT2D eigenvalue weighted by Crippen LogP contribution is 2.44. The summed E-state index contributed by atoms with van der Waals surface area (Å²) in [5.41, 5.74) is 3.51. The molecule has 5 rings (SSSR count). The van der Waals surface area contributed by atoms with Gasteiger partial charge in [0.25, 0.3) is 0 Å². The molecular formula is C24H28N2O5. The van der Waals surface area contributed by atoms with Gasteiger partial charge in [-0.25, -0.2) is 0 Å². The molecule has 31 heavy (non-hydrogen) atoms. The lowest BCUT2D eigenvalue weighted by Gasteiger charge is -2.38. The van der Waals surface area contributed by atoms with Crippen molar-refractivity contribution in [2.45, 2.75) is 18.8 Å². The van der Waals surface area contributed by atoms with Crippen LogP contribution in [0.2, 0.25) is 0 Å². The molecule has 0 radical (unpaired) electrons. The summed E-state index contributed by atoms with van der Waals surface area (Å²) in [5.74, 6) is 3.58. The van der Waals surface area contributed by atoms with Crippen molar-refractivity contribution in [1.82, 2.24) is 4.90 Å². The average molecular weight is 424 g/mol. The van der Waals surface area contributed by atoms with Crippen LogP contribution in [0.3, 0.4) is 0 Å². The number of carbonyl (C=O) groups is 1. The Bertz CT molecular complexity index is 984. The van der Waals surface area contributed by atoms with E-state index in [-0.39, 0.29) is 11.8 Å². The monoisotopic (exact) mass is 424 g/mol. The zero-order valence-electron chi connectivity index (χ0n) is 18.1. The third-order valence-corrected chi connectivity index (χ3v) is 6.49. The maximum absolute atomic E-state index is 13.0. The molecule has 2 heterocycles. The van der Waals surface area contributed by atoms with Gasteiger partial charge in [-0.2, -0.15) is 0 Å². The van der Waals surface area contributed by atoms with Crippen LogP contribution in [-0.4, -0.2) is 64.4 Å². The van der Waals surface area contributed by atoms with Gasteiger partial charge in [-0.05, 0) is 47.7 Å². The minimum atomic E-state index is 0.222. The Morgan fingerprint density at radius 1 is 1.03 bits per heavy atom. The predicted octanol–water partition coefficient (Wildman–Crippen LogP) is 2.85. The highest BCUT2D eigenvalue weighted by atomic mass is 16.6. The summed E-state index contributed by atoms with van der Waals surface area (Å²) in [6, 6.07) is 10.1. The van der Waals surface area contributed by atoms with Gasteiger partial charge in [-0.15, -0.1) is 0 Å². The number of amides is 1. The number of fused-ring (bicyclic) bond motifs is 2. The van der Waals surface area contributed by atoms with Crippen molar-refractivity contribution in [2.75, 3.05) is 58.5 Å². The number of rotatable bonds is 5. The van der Waals surface area contributed by atoms with Gasteiger partial charge in [-0.3, -0.25) is 4.79 Å². The smallest absolute Gasteiger partial charge is 0.223 e. The summed E-state index contributed by atoms with van der Waals surface area (Å²) >= 11 is 0. The van der Waals surface area contributed by atoms with E-state index < -0.39 is 0 Å². The third-order valence-electron chi connectivity index (χ3n) is 6.49. The van der Waals surface area contributed by atoms with E-state index in [2.05, 4.69) is 11.0 Å². The third kappa shape index (κ3) is 3.62. The second-order valence-electron chi connectivity index (χ2n) is 8.18. The SMILES string of the molecule is COc1cc2c(cc1OC)C(CC(=O)N1CCN(c3cccc4c3OCCO4)CC1)C2. The zero-order valence-corrected chi connectivity index (χ0v) is 18.1. The minimum Gasteiger partial charge on any atom is -0.493 e. The number of hydrogen-bond acceptors (Lipinski definition) is 6.